The largest absolute Gasteiger partial charge is 0.307 e. The lowest BCUT2D eigenvalue weighted by molar-refractivity contribution is 0.448. The molecule has 1 aliphatic carbocycles. The second-order valence-electron chi connectivity index (χ2n) is 5.06. The summed E-state index contributed by atoms with van der Waals surface area (Å²) in [6.07, 6.45) is 3.81. The Morgan fingerprint density at radius 1 is 1.38 bits per heavy atom. The van der Waals surface area contributed by atoms with Crippen molar-refractivity contribution in [3.05, 3.63) is 35.6 Å². The summed E-state index contributed by atoms with van der Waals surface area (Å²) in [7, 11) is 0. The van der Waals surface area contributed by atoms with Crippen molar-refractivity contribution in [3.8, 4) is 0 Å². The first-order valence-corrected chi connectivity index (χ1v) is 6.16. The van der Waals surface area contributed by atoms with Crippen molar-refractivity contribution in [1.29, 1.82) is 0 Å². The van der Waals surface area contributed by atoms with Crippen molar-refractivity contribution in [2.75, 3.05) is 0 Å². The van der Waals surface area contributed by atoms with Crippen LogP contribution in [0.25, 0.3) is 0 Å². The number of hydrogen-bond donors (Lipinski definition) is 1. The van der Waals surface area contributed by atoms with Gasteiger partial charge < -0.3 is 5.32 Å². The SMILES string of the molecule is CC1CCC(N[C@@H](C)c2cccc(F)c2)C1. The molecule has 3 atom stereocenters. The number of benzene rings is 1. The van der Waals surface area contributed by atoms with E-state index < -0.39 is 0 Å². The first-order chi connectivity index (χ1) is 7.65. The Labute approximate surface area is 97.1 Å². The monoisotopic (exact) mass is 221 g/mol. The molecule has 2 heteroatoms. The Kier molecular flexibility index (Phi) is 3.59. The van der Waals surface area contributed by atoms with Gasteiger partial charge in [0.2, 0.25) is 0 Å². The maximum absolute atomic E-state index is 13.1. The molecule has 0 bridgehead atoms. The quantitative estimate of drug-likeness (QED) is 0.821. The van der Waals surface area contributed by atoms with Crippen LogP contribution in [0.2, 0.25) is 0 Å². The third-order valence-corrected chi connectivity index (χ3v) is 3.53. The van der Waals surface area contributed by atoms with Gasteiger partial charge >= 0.3 is 0 Å². The molecule has 1 aliphatic rings. The molecule has 0 radical (unpaired) electrons. The summed E-state index contributed by atoms with van der Waals surface area (Å²) in [5, 5.41) is 3.59. The smallest absolute Gasteiger partial charge is 0.123 e. The Hall–Kier alpha value is -0.890. The topological polar surface area (TPSA) is 12.0 Å². The third-order valence-electron chi connectivity index (χ3n) is 3.53. The lowest BCUT2D eigenvalue weighted by Gasteiger charge is -2.19. The van der Waals surface area contributed by atoms with Gasteiger partial charge in [-0.2, -0.15) is 0 Å². The lowest BCUT2D eigenvalue weighted by atomic mass is 10.1. The van der Waals surface area contributed by atoms with Gasteiger partial charge in [0.05, 0.1) is 0 Å². The first kappa shape index (κ1) is 11.6. The van der Waals surface area contributed by atoms with E-state index in [1.807, 2.05) is 6.07 Å². The maximum atomic E-state index is 13.1. The summed E-state index contributed by atoms with van der Waals surface area (Å²) in [5.74, 6) is 0.683. The number of hydrogen-bond acceptors (Lipinski definition) is 1. The average Bonchev–Trinajstić information content (AvgIpc) is 2.64. The van der Waals surface area contributed by atoms with Crippen LogP contribution in [-0.4, -0.2) is 6.04 Å². The van der Waals surface area contributed by atoms with Gasteiger partial charge in [-0.1, -0.05) is 19.1 Å². The van der Waals surface area contributed by atoms with Crippen LogP contribution in [0, 0.1) is 11.7 Å². The highest BCUT2D eigenvalue weighted by molar-refractivity contribution is 5.19. The van der Waals surface area contributed by atoms with E-state index in [9.17, 15) is 4.39 Å². The molecule has 0 amide bonds. The second kappa shape index (κ2) is 4.96. The van der Waals surface area contributed by atoms with Crippen LogP contribution < -0.4 is 5.32 Å². The van der Waals surface area contributed by atoms with Crippen LogP contribution in [0.3, 0.4) is 0 Å². The summed E-state index contributed by atoms with van der Waals surface area (Å²) in [6.45, 7) is 4.41. The normalized spacial score (nSPS) is 26.9. The van der Waals surface area contributed by atoms with E-state index in [0.29, 0.717) is 6.04 Å². The van der Waals surface area contributed by atoms with E-state index in [0.717, 1.165) is 11.5 Å². The van der Waals surface area contributed by atoms with Gasteiger partial charge in [0.25, 0.3) is 0 Å². The minimum absolute atomic E-state index is 0.147. The maximum Gasteiger partial charge on any atom is 0.123 e. The zero-order valence-electron chi connectivity index (χ0n) is 10.0. The van der Waals surface area contributed by atoms with E-state index >= 15 is 0 Å². The molecule has 0 aliphatic heterocycles. The van der Waals surface area contributed by atoms with Crippen molar-refractivity contribution in [2.24, 2.45) is 5.92 Å². The molecule has 1 nitrogen and oxygen atoms in total. The highest BCUT2D eigenvalue weighted by Crippen LogP contribution is 2.26. The van der Waals surface area contributed by atoms with Crippen LogP contribution in [-0.2, 0) is 0 Å². The van der Waals surface area contributed by atoms with Crippen LogP contribution >= 0.6 is 0 Å². The van der Waals surface area contributed by atoms with Gasteiger partial charge in [0.1, 0.15) is 5.82 Å². The van der Waals surface area contributed by atoms with Crippen molar-refractivity contribution in [3.63, 3.8) is 0 Å². The Morgan fingerprint density at radius 2 is 2.19 bits per heavy atom. The van der Waals surface area contributed by atoms with Crippen LogP contribution in [0.15, 0.2) is 24.3 Å². The molecule has 0 saturated heterocycles. The molecule has 1 N–H and O–H groups in total. The molecule has 1 aromatic carbocycles. The van der Waals surface area contributed by atoms with E-state index in [1.54, 1.807) is 12.1 Å². The third kappa shape index (κ3) is 2.82. The van der Waals surface area contributed by atoms with Gasteiger partial charge in [-0.25, -0.2) is 4.39 Å². The molecule has 1 fully saturated rings. The number of rotatable bonds is 3. The predicted octanol–water partition coefficient (Wildman–Crippen LogP) is 3.66. The number of halogens is 1. The zero-order valence-corrected chi connectivity index (χ0v) is 10.0. The zero-order chi connectivity index (χ0) is 11.5. The van der Waals surface area contributed by atoms with Crippen molar-refractivity contribution >= 4 is 0 Å². The number of nitrogens with one attached hydrogen (secondary N) is 1. The summed E-state index contributed by atoms with van der Waals surface area (Å²) < 4.78 is 13.1. The Bertz CT molecular complexity index is 350. The highest BCUT2D eigenvalue weighted by Gasteiger charge is 2.22. The fourth-order valence-corrected chi connectivity index (χ4v) is 2.58. The van der Waals surface area contributed by atoms with Gasteiger partial charge in [0.15, 0.2) is 0 Å². The molecule has 2 unspecified atom stereocenters. The van der Waals surface area contributed by atoms with Crippen LogP contribution in [0.1, 0.15) is 44.7 Å². The lowest BCUT2D eigenvalue weighted by Crippen LogP contribution is -2.29. The molecular formula is C14H20FN. The molecule has 2 rings (SSSR count). The molecule has 1 aromatic rings. The fourth-order valence-electron chi connectivity index (χ4n) is 2.58. The van der Waals surface area contributed by atoms with E-state index in [4.69, 9.17) is 0 Å². The average molecular weight is 221 g/mol. The molecule has 0 spiro atoms. The molecule has 0 heterocycles. The van der Waals surface area contributed by atoms with Crippen molar-refractivity contribution in [2.45, 2.75) is 45.2 Å². The molecular weight excluding hydrogens is 201 g/mol. The molecule has 88 valence electrons. The highest BCUT2D eigenvalue weighted by atomic mass is 19.1. The summed E-state index contributed by atoms with van der Waals surface area (Å²) in [4.78, 5) is 0. The van der Waals surface area contributed by atoms with Crippen LogP contribution in [0.5, 0.6) is 0 Å². The van der Waals surface area contributed by atoms with E-state index in [1.165, 1.54) is 25.3 Å². The molecule has 0 aromatic heterocycles. The fraction of sp³-hybridized carbons (Fsp3) is 0.571. The molecule has 16 heavy (non-hydrogen) atoms. The summed E-state index contributed by atoms with van der Waals surface area (Å²) in [5.41, 5.74) is 1.04. The molecule has 1 saturated carbocycles. The van der Waals surface area contributed by atoms with Gasteiger partial charge in [-0.3, -0.25) is 0 Å². The van der Waals surface area contributed by atoms with Crippen molar-refractivity contribution < 1.29 is 4.39 Å². The Morgan fingerprint density at radius 3 is 2.81 bits per heavy atom. The second-order valence-corrected chi connectivity index (χ2v) is 5.06. The van der Waals surface area contributed by atoms with Gasteiger partial charge in [-0.15, -0.1) is 0 Å². The van der Waals surface area contributed by atoms with Crippen LogP contribution in [0.4, 0.5) is 4.39 Å². The first-order valence-electron chi connectivity index (χ1n) is 6.16. The van der Waals surface area contributed by atoms with E-state index in [2.05, 4.69) is 19.2 Å². The Balaban J connectivity index is 1.95. The standard InChI is InChI=1S/C14H20FN/c1-10-6-7-14(8-10)16-11(2)12-4-3-5-13(15)9-12/h3-5,9-11,14,16H,6-8H2,1-2H3/t10?,11-,14?/m0/s1. The summed E-state index contributed by atoms with van der Waals surface area (Å²) in [6, 6.07) is 7.72. The minimum atomic E-state index is -0.147. The van der Waals surface area contributed by atoms with E-state index in [-0.39, 0.29) is 11.9 Å². The van der Waals surface area contributed by atoms with Crippen molar-refractivity contribution in [1.82, 2.24) is 5.32 Å². The summed E-state index contributed by atoms with van der Waals surface area (Å²) >= 11 is 0. The predicted molar refractivity (Wildman–Crippen MR) is 64.8 cm³/mol. The van der Waals surface area contributed by atoms with Gasteiger partial charge in [0, 0.05) is 12.1 Å². The minimum Gasteiger partial charge on any atom is -0.307 e. The van der Waals surface area contributed by atoms with Gasteiger partial charge in [-0.05, 0) is 49.8 Å².